The van der Waals surface area contributed by atoms with Gasteiger partial charge in [-0.3, -0.25) is 9.69 Å². The minimum Gasteiger partial charge on any atom is -0.548 e. The molecule has 1 amide bonds. The fourth-order valence-electron chi connectivity index (χ4n) is 2.85. The Labute approximate surface area is 165 Å². The quantitative estimate of drug-likeness (QED) is 0.547. The number of carbonyl (C=O) groups excluding carboxylic acids is 2. The summed E-state index contributed by atoms with van der Waals surface area (Å²) in [5.74, 6) is -1.04. The Morgan fingerprint density at radius 1 is 1.31 bits per heavy atom. The van der Waals surface area contributed by atoms with Crippen LogP contribution in [0.5, 0.6) is 0 Å². The van der Waals surface area contributed by atoms with E-state index >= 15 is 0 Å². The molecule has 0 aliphatic carbocycles. The van der Waals surface area contributed by atoms with Crippen molar-refractivity contribution in [2.24, 2.45) is 0 Å². The number of amides is 1. The van der Waals surface area contributed by atoms with Gasteiger partial charge in [-0.15, -0.1) is 0 Å². The van der Waals surface area contributed by atoms with E-state index in [1.165, 1.54) is 16.7 Å². The molecule has 26 heavy (non-hydrogen) atoms. The SMILES string of the molecule is CSCC[C@H](C(=O)[O-])N1C(=O)/C(=C\c2cccc3ccccc23)SC1=S. The van der Waals surface area contributed by atoms with E-state index in [9.17, 15) is 14.7 Å². The first-order valence-corrected chi connectivity index (χ1v) is 10.6. The predicted octanol–water partition coefficient (Wildman–Crippen LogP) is 2.91. The van der Waals surface area contributed by atoms with Crippen LogP contribution in [0, 0.1) is 0 Å². The molecule has 1 atom stereocenters. The molecule has 134 valence electrons. The molecule has 0 bridgehead atoms. The van der Waals surface area contributed by atoms with Gasteiger partial charge < -0.3 is 9.90 Å². The highest BCUT2D eigenvalue weighted by Crippen LogP contribution is 2.35. The van der Waals surface area contributed by atoms with E-state index in [1.54, 1.807) is 6.08 Å². The average Bonchev–Trinajstić information content (AvgIpc) is 2.90. The number of aliphatic carboxylic acids is 1. The highest BCUT2D eigenvalue weighted by atomic mass is 32.2. The normalized spacial score (nSPS) is 17.3. The third-order valence-electron chi connectivity index (χ3n) is 4.11. The molecule has 0 spiro atoms. The van der Waals surface area contributed by atoms with Crippen molar-refractivity contribution >= 4 is 68.8 Å². The molecule has 1 aliphatic rings. The molecule has 2 aromatic carbocycles. The Morgan fingerprint density at radius 2 is 2.04 bits per heavy atom. The number of carboxylic acids is 1. The molecular weight excluding hydrogens is 386 g/mol. The van der Waals surface area contributed by atoms with Crippen LogP contribution in [-0.2, 0) is 9.59 Å². The molecule has 0 radical (unpaired) electrons. The minimum absolute atomic E-state index is 0.261. The molecule has 1 saturated heterocycles. The Morgan fingerprint density at radius 3 is 2.77 bits per heavy atom. The van der Waals surface area contributed by atoms with Crippen molar-refractivity contribution in [1.82, 2.24) is 4.90 Å². The highest BCUT2D eigenvalue weighted by Gasteiger charge is 2.37. The monoisotopic (exact) mass is 402 g/mol. The van der Waals surface area contributed by atoms with Gasteiger partial charge in [-0.2, -0.15) is 11.8 Å². The zero-order valence-corrected chi connectivity index (χ0v) is 16.5. The first-order chi connectivity index (χ1) is 12.5. The molecule has 2 aromatic rings. The molecule has 0 saturated carbocycles. The summed E-state index contributed by atoms with van der Waals surface area (Å²) in [6.45, 7) is 0. The van der Waals surface area contributed by atoms with E-state index in [2.05, 4.69) is 0 Å². The molecule has 0 aromatic heterocycles. The zero-order valence-electron chi connectivity index (χ0n) is 14.0. The topological polar surface area (TPSA) is 60.4 Å². The largest absolute Gasteiger partial charge is 0.548 e. The Hall–Kier alpha value is -1.83. The van der Waals surface area contributed by atoms with Crippen LogP contribution in [0.25, 0.3) is 16.8 Å². The Balaban J connectivity index is 1.95. The van der Waals surface area contributed by atoms with Gasteiger partial charge in [-0.05, 0) is 40.8 Å². The maximum absolute atomic E-state index is 12.8. The van der Waals surface area contributed by atoms with Crippen LogP contribution < -0.4 is 5.11 Å². The van der Waals surface area contributed by atoms with E-state index in [4.69, 9.17) is 12.2 Å². The molecule has 0 N–H and O–H groups in total. The van der Waals surface area contributed by atoms with Crippen molar-refractivity contribution in [1.29, 1.82) is 0 Å². The van der Waals surface area contributed by atoms with Crippen molar-refractivity contribution in [2.75, 3.05) is 12.0 Å². The number of hydrogen-bond donors (Lipinski definition) is 0. The van der Waals surface area contributed by atoms with E-state index < -0.39 is 12.0 Å². The zero-order chi connectivity index (χ0) is 18.7. The van der Waals surface area contributed by atoms with Crippen LogP contribution in [-0.4, -0.2) is 39.1 Å². The van der Waals surface area contributed by atoms with Crippen LogP contribution >= 0.6 is 35.7 Å². The van der Waals surface area contributed by atoms with Gasteiger partial charge in [0.25, 0.3) is 5.91 Å². The summed E-state index contributed by atoms with van der Waals surface area (Å²) in [7, 11) is 0. The van der Waals surface area contributed by atoms with Crippen molar-refractivity contribution in [3.63, 3.8) is 0 Å². The number of thiocarbonyl (C=S) groups is 1. The number of carbonyl (C=O) groups is 2. The van der Waals surface area contributed by atoms with E-state index in [0.29, 0.717) is 17.1 Å². The fourth-order valence-corrected chi connectivity index (χ4v) is 4.65. The lowest BCUT2D eigenvalue weighted by Crippen LogP contribution is -2.50. The number of nitrogens with zero attached hydrogens (tertiary/aromatic N) is 1. The number of rotatable bonds is 6. The second kappa shape index (κ2) is 8.24. The summed E-state index contributed by atoms with van der Waals surface area (Å²) >= 11 is 7.94. The average molecular weight is 403 g/mol. The van der Waals surface area contributed by atoms with Crippen LogP contribution in [0.2, 0.25) is 0 Å². The van der Waals surface area contributed by atoms with Crippen molar-refractivity contribution in [3.8, 4) is 0 Å². The second-order valence-electron chi connectivity index (χ2n) is 5.74. The maximum atomic E-state index is 12.8. The summed E-state index contributed by atoms with van der Waals surface area (Å²) < 4.78 is 0.261. The summed E-state index contributed by atoms with van der Waals surface area (Å²) in [6, 6.07) is 12.7. The summed E-state index contributed by atoms with van der Waals surface area (Å²) in [6.07, 6.45) is 3.97. The lowest BCUT2D eigenvalue weighted by Gasteiger charge is -2.27. The van der Waals surface area contributed by atoms with Crippen molar-refractivity contribution in [2.45, 2.75) is 12.5 Å². The second-order valence-corrected chi connectivity index (χ2v) is 8.40. The molecule has 3 rings (SSSR count). The third kappa shape index (κ3) is 3.79. The van der Waals surface area contributed by atoms with E-state index in [-0.39, 0.29) is 10.2 Å². The standard InChI is InChI=1S/C19H17NO3S3/c1-25-10-9-15(18(22)23)20-17(21)16(26-19(20)24)11-13-7-4-6-12-5-2-3-8-14(12)13/h2-8,11,15H,9-10H2,1H3,(H,22,23)/p-1/b16-11+/t15-/m1/s1. The molecule has 1 aliphatic heterocycles. The summed E-state index contributed by atoms with van der Waals surface area (Å²) in [5.41, 5.74) is 0.901. The molecule has 7 heteroatoms. The number of fused-ring (bicyclic) bond motifs is 1. The number of carboxylic acid groups (broad SMARTS) is 1. The Kier molecular flexibility index (Phi) is 6.01. The molecule has 0 unspecified atom stereocenters. The minimum atomic E-state index is -1.28. The predicted molar refractivity (Wildman–Crippen MR) is 111 cm³/mol. The van der Waals surface area contributed by atoms with Gasteiger partial charge in [-0.25, -0.2) is 0 Å². The van der Waals surface area contributed by atoms with Gasteiger partial charge in [0, 0.05) is 0 Å². The maximum Gasteiger partial charge on any atom is 0.266 e. The Bertz CT molecular complexity index is 905. The lowest BCUT2D eigenvalue weighted by atomic mass is 10.0. The molecule has 1 heterocycles. The molecular formula is C19H16NO3S3-. The first kappa shape index (κ1) is 18.9. The smallest absolute Gasteiger partial charge is 0.266 e. The van der Waals surface area contributed by atoms with Gasteiger partial charge in [0.2, 0.25) is 0 Å². The van der Waals surface area contributed by atoms with Crippen molar-refractivity contribution in [3.05, 3.63) is 52.9 Å². The number of hydrogen-bond acceptors (Lipinski definition) is 6. The molecule has 1 fully saturated rings. The van der Waals surface area contributed by atoms with E-state index in [1.807, 2.05) is 48.7 Å². The summed E-state index contributed by atoms with van der Waals surface area (Å²) in [4.78, 5) is 26.0. The van der Waals surface area contributed by atoms with Crippen LogP contribution in [0.1, 0.15) is 12.0 Å². The van der Waals surface area contributed by atoms with Gasteiger partial charge in [-0.1, -0.05) is 66.4 Å². The van der Waals surface area contributed by atoms with Gasteiger partial charge in [0.15, 0.2) is 0 Å². The fraction of sp³-hybridized carbons (Fsp3) is 0.211. The van der Waals surface area contributed by atoms with Crippen LogP contribution in [0.4, 0.5) is 0 Å². The van der Waals surface area contributed by atoms with Crippen LogP contribution in [0.15, 0.2) is 47.4 Å². The van der Waals surface area contributed by atoms with Crippen molar-refractivity contribution < 1.29 is 14.7 Å². The van der Waals surface area contributed by atoms with Gasteiger partial charge >= 0.3 is 0 Å². The van der Waals surface area contributed by atoms with Crippen LogP contribution in [0.3, 0.4) is 0 Å². The van der Waals surface area contributed by atoms with Gasteiger partial charge in [0.05, 0.1) is 16.9 Å². The lowest BCUT2D eigenvalue weighted by molar-refractivity contribution is -0.310. The van der Waals surface area contributed by atoms with Gasteiger partial charge in [0.1, 0.15) is 4.32 Å². The van der Waals surface area contributed by atoms with E-state index in [0.717, 1.165) is 28.1 Å². The highest BCUT2D eigenvalue weighted by molar-refractivity contribution is 8.26. The number of thioether (sulfide) groups is 2. The third-order valence-corrected chi connectivity index (χ3v) is 6.09. The molecule has 4 nitrogen and oxygen atoms in total. The summed E-state index contributed by atoms with van der Waals surface area (Å²) in [5, 5.41) is 13.6. The number of benzene rings is 2. The first-order valence-electron chi connectivity index (χ1n) is 7.97.